The van der Waals surface area contributed by atoms with E-state index in [1.807, 2.05) is 0 Å². The van der Waals surface area contributed by atoms with Crippen LogP contribution in [-0.4, -0.2) is 40.8 Å². The minimum absolute atomic E-state index is 0.117. The predicted octanol–water partition coefficient (Wildman–Crippen LogP) is 0.668. The molecule has 0 amide bonds. The van der Waals surface area contributed by atoms with Crippen LogP contribution in [0.1, 0.15) is 0 Å². The number of ether oxygens (including phenoxy) is 1. The van der Waals surface area contributed by atoms with E-state index in [9.17, 15) is 8.42 Å². The molecule has 0 saturated carbocycles. The molecule has 17 heavy (non-hydrogen) atoms. The van der Waals surface area contributed by atoms with Crippen LogP contribution in [0.3, 0.4) is 0 Å². The van der Waals surface area contributed by atoms with Crippen LogP contribution in [0.15, 0.2) is 16.3 Å². The highest BCUT2D eigenvalue weighted by atomic mass is 35.5. The summed E-state index contributed by atoms with van der Waals surface area (Å²) in [7, 11) is -3.46. The number of hydrogen-bond donors (Lipinski definition) is 2. The van der Waals surface area contributed by atoms with Crippen molar-refractivity contribution in [3.8, 4) is 0 Å². The summed E-state index contributed by atoms with van der Waals surface area (Å²) in [5.74, 6) is 0. The normalized spacial score (nSPS) is 21.6. The van der Waals surface area contributed by atoms with Gasteiger partial charge in [0.1, 0.15) is 4.21 Å². The van der Waals surface area contributed by atoms with Crippen molar-refractivity contribution < 1.29 is 13.2 Å². The van der Waals surface area contributed by atoms with Crippen molar-refractivity contribution in [1.29, 1.82) is 0 Å². The van der Waals surface area contributed by atoms with E-state index in [0.29, 0.717) is 17.5 Å². The van der Waals surface area contributed by atoms with Gasteiger partial charge in [0.15, 0.2) is 0 Å². The van der Waals surface area contributed by atoms with Crippen molar-refractivity contribution in [1.82, 2.24) is 10.0 Å². The summed E-state index contributed by atoms with van der Waals surface area (Å²) in [6, 6.07) is 3.06. The van der Waals surface area contributed by atoms with Crippen LogP contribution < -0.4 is 10.0 Å². The number of rotatable bonds is 4. The number of nitrogens with one attached hydrogen (secondary N) is 2. The first-order valence-corrected chi connectivity index (χ1v) is 7.83. The van der Waals surface area contributed by atoms with Crippen LogP contribution in [0.2, 0.25) is 4.34 Å². The Morgan fingerprint density at radius 2 is 2.41 bits per heavy atom. The molecule has 1 atom stereocenters. The maximum absolute atomic E-state index is 11.9. The van der Waals surface area contributed by atoms with Gasteiger partial charge in [0, 0.05) is 19.6 Å². The molecule has 2 rings (SSSR count). The zero-order valence-electron chi connectivity index (χ0n) is 8.98. The van der Waals surface area contributed by atoms with E-state index >= 15 is 0 Å². The number of sulfonamides is 1. The number of halogens is 1. The van der Waals surface area contributed by atoms with E-state index < -0.39 is 10.0 Å². The fourth-order valence-electron chi connectivity index (χ4n) is 1.47. The highest BCUT2D eigenvalue weighted by Gasteiger charge is 2.20. The molecule has 96 valence electrons. The van der Waals surface area contributed by atoms with Gasteiger partial charge in [0.2, 0.25) is 10.0 Å². The van der Waals surface area contributed by atoms with E-state index in [0.717, 1.165) is 17.9 Å². The summed E-state index contributed by atoms with van der Waals surface area (Å²) in [5, 5.41) is 3.14. The van der Waals surface area contributed by atoms with Gasteiger partial charge in [-0.1, -0.05) is 11.6 Å². The number of morpholine rings is 1. The standard InChI is InChI=1S/C9H13ClN2O3S2/c10-8-1-2-9(16-8)17(13,14)12-6-7-5-11-3-4-15-7/h1-2,7,11-12H,3-6H2. The Morgan fingerprint density at radius 3 is 3.00 bits per heavy atom. The van der Waals surface area contributed by atoms with Crippen LogP contribution in [0.5, 0.6) is 0 Å². The van der Waals surface area contributed by atoms with Gasteiger partial charge in [-0.25, -0.2) is 13.1 Å². The summed E-state index contributed by atoms with van der Waals surface area (Å²) >= 11 is 6.75. The molecule has 0 bridgehead atoms. The third-order valence-corrected chi connectivity index (χ3v) is 5.47. The maximum Gasteiger partial charge on any atom is 0.250 e. The quantitative estimate of drug-likeness (QED) is 0.857. The van der Waals surface area contributed by atoms with E-state index in [4.69, 9.17) is 16.3 Å². The number of hydrogen-bond acceptors (Lipinski definition) is 5. The lowest BCUT2D eigenvalue weighted by Crippen LogP contribution is -2.45. The highest BCUT2D eigenvalue weighted by Crippen LogP contribution is 2.25. The Balaban J connectivity index is 1.93. The van der Waals surface area contributed by atoms with Crippen LogP contribution >= 0.6 is 22.9 Å². The molecule has 1 fully saturated rings. The molecule has 0 spiro atoms. The van der Waals surface area contributed by atoms with Gasteiger partial charge in [-0.05, 0) is 12.1 Å². The van der Waals surface area contributed by atoms with Gasteiger partial charge in [-0.15, -0.1) is 11.3 Å². The molecule has 0 radical (unpaired) electrons. The molecule has 1 saturated heterocycles. The smallest absolute Gasteiger partial charge is 0.250 e. The Kier molecular flexibility index (Phi) is 4.40. The fourth-order valence-corrected chi connectivity index (χ4v) is 4.06. The largest absolute Gasteiger partial charge is 0.374 e. The number of thiophene rings is 1. The molecule has 5 nitrogen and oxygen atoms in total. The van der Waals surface area contributed by atoms with Crippen molar-refractivity contribution in [3.63, 3.8) is 0 Å². The summed E-state index contributed by atoms with van der Waals surface area (Å²) in [4.78, 5) is 0. The van der Waals surface area contributed by atoms with Crippen molar-refractivity contribution in [2.45, 2.75) is 10.3 Å². The monoisotopic (exact) mass is 296 g/mol. The first-order chi connectivity index (χ1) is 8.08. The van der Waals surface area contributed by atoms with E-state index in [-0.39, 0.29) is 16.9 Å². The topological polar surface area (TPSA) is 67.4 Å². The molecule has 2 N–H and O–H groups in total. The Morgan fingerprint density at radius 1 is 1.59 bits per heavy atom. The first kappa shape index (κ1) is 13.3. The second-order valence-electron chi connectivity index (χ2n) is 3.61. The van der Waals surface area contributed by atoms with E-state index in [1.165, 1.54) is 6.07 Å². The first-order valence-electron chi connectivity index (χ1n) is 5.15. The lowest BCUT2D eigenvalue weighted by molar-refractivity contribution is 0.0324. The van der Waals surface area contributed by atoms with Crippen molar-refractivity contribution >= 4 is 33.0 Å². The molecule has 1 unspecified atom stereocenters. The average molecular weight is 297 g/mol. The second-order valence-corrected chi connectivity index (χ2v) is 7.32. The summed E-state index contributed by atoms with van der Waals surface area (Å²) in [6.45, 7) is 2.35. The van der Waals surface area contributed by atoms with Crippen LogP contribution in [0, 0.1) is 0 Å². The van der Waals surface area contributed by atoms with Gasteiger partial charge in [-0.3, -0.25) is 0 Å². The zero-order valence-corrected chi connectivity index (χ0v) is 11.4. The van der Waals surface area contributed by atoms with Gasteiger partial charge >= 0.3 is 0 Å². The fraction of sp³-hybridized carbons (Fsp3) is 0.556. The SMILES string of the molecule is O=S(=O)(NCC1CNCCO1)c1ccc(Cl)s1. The predicted molar refractivity (Wildman–Crippen MR) is 67.1 cm³/mol. The van der Waals surface area contributed by atoms with Crippen molar-refractivity contribution in [2.24, 2.45) is 0 Å². The third-order valence-electron chi connectivity index (χ3n) is 2.32. The Hall–Kier alpha value is -0.180. The Labute approximate surface area is 109 Å². The lowest BCUT2D eigenvalue weighted by atomic mass is 10.3. The minimum Gasteiger partial charge on any atom is -0.374 e. The van der Waals surface area contributed by atoms with E-state index in [2.05, 4.69) is 10.0 Å². The van der Waals surface area contributed by atoms with Crippen molar-refractivity contribution in [3.05, 3.63) is 16.5 Å². The molecular weight excluding hydrogens is 284 g/mol. The van der Waals surface area contributed by atoms with Crippen LogP contribution in [-0.2, 0) is 14.8 Å². The molecule has 1 aromatic rings. The maximum atomic E-state index is 11.9. The molecule has 2 heterocycles. The van der Waals surface area contributed by atoms with Gasteiger partial charge in [0.25, 0.3) is 0 Å². The van der Waals surface area contributed by atoms with E-state index in [1.54, 1.807) is 6.07 Å². The van der Waals surface area contributed by atoms with Crippen molar-refractivity contribution in [2.75, 3.05) is 26.2 Å². The molecule has 1 aliphatic heterocycles. The van der Waals surface area contributed by atoms with Gasteiger partial charge in [-0.2, -0.15) is 0 Å². The minimum atomic E-state index is -3.46. The third kappa shape index (κ3) is 3.64. The summed E-state index contributed by atoms with van der Waals surface area (Å²) in [5.41, 5.74) is 0. The average Bonchev–Trinajstić information content (AvgIpc) is 2.76. The highest BCUT2D eigenvalue weighted by molar-refractivity contribution is 7.91. The second kappa shape index (κ2) is 5.64. The van der Waals surface area contributed by atoms with Crippen LogP contribution in [0.25, 0.3) is 0 Å². The molecular formula is C9H13ClN2O3S2. The molecule has 0 aromatic carbocycles. The Bertz CT molecular complexity index is 468. The molecule has 0 aliphatic carbocycles. The summed E-state index contributed by atoms with van der Waals surface area (Å²) < 4.78 is 32.3. The zero-order chi connectivity index (χ0) is 12.3. The summed E-state index contributed by atoms with van der Waals surface area (Å²) in [6.07, 6.45) is -0.117. The lowest BCUT2D eigenvalue weighted by Gasteiger charge is -2.23. The molecule has 1 aliphatic rings. The molecule has 8 heteroatoms. The van der Waals surface area contributed by atoms with Gasteiger partial charge < -0.3 is 10.1 Å². The van der Waals surface area contributed by atoms with Gasteiger partial charge in [0.05, 0.1) is 17.0 Å². The van der Waals surface area contributed by atoms with Crippen LogP contribution in [0.4, 0.5) is 0 Å². The molecule has 1 aromatic heterocycles.